The maximum absolute atomic E-state index is 12.8. The normalized spacial score (nSPS) is 20.7. The van der Waals surface area contributed by atoms with Crippen molar-refractivity contribution in [1.82, 2.24) is 14.5 Å². The fraction of sp³-hybridized carbons (Fsp3) is 0.667. The summed E-state index contributed by atoms with van der Waals surface area (Å²) >= 11 is 6.20. The highest BCUT2D eigenvalue weighted by Crippen LogP contribution is 2.34. The number of carbonyl (C=O) groups is 1. The van der Waals surface area contributed by atoms with E-state index in [2.05, 4.69) is 10.2 Å². The van der Waals surface area contributed by atoms with Gasteiger partial charge in [0, 0.05) is 44.0 Å². The molecule has 0 unspecified atom stereocenters. The number of piperazine rings is 1. The molecule has 168 valence electrons. The molecular weight excluding hydrogens is 424 g/mol. The number of nitrogens with zero attached hydrogens (tertiary/aromatic N) is 2. The predicted octanol–water partition coefficient (Wildman–Crippen LogP) is 2.71. The number of carbonyl (C=O) groups excluding carboxylic acids is 1. The largest absolute Gasteiger partial charge is 0.398 e. The van der Waals surface area contributed by atoms with Crippen molar-refractivity contribution in [1.29, 1.82) is 0 Å². The molecule has 0 bridgehead atoms. The van der Waals surface area contributed by atoms with Gasteiger partial charge in [-0.25, -0.2) is 8.42 Å². The highest BCUT2D eigenvalue weighted by Gasteiger charge is 2.41. The zero-order chi connectivity index (χ0) is 21.8. The van der Waals surface area contributed by atoms with Crippen molar-refractivity contribution in [2.45, 2.75) is 51.0 Å². The van der Waals surface area contributed by atoms with E-state index in [0.29, 0.717) is 55.4 Å². The van der Waals surface area contributed by atoms with Crippen molar-refractivity contribution < 1.29 is 13.2 Å². The van der Waals surface area contributed by atoms with E-state index < -0.39 is 10.0 Å². The average molecular weight is 457 g/mol. The van der Waals surface area contributed by atoms with Crippen LogP contribution in [0.25, 0.3) is 0 Å². The number of sulfonamides is 1. The Morgan fingerprint density at radius 3 is 2.43 bits per heavy atom. The smallest absolute Gasteiger partial charge is 0.254 e. The van der Waals surface area contributed by atoms with E-state index in [4.69, 9.17) is 17.3 Å². The Morgan fingerprint density at radius 1 is 1.17 bits per heavy atom. The lowest BCUT2D eigenvalue weighted by atomic mass is 9.79. The Labute approximate surface area is 185 Å². The number of rotatable bonds is 7. The van der Waals surface area contributed by atoms with Crippen molar-refractivity contribution >= 4 is 33.2 Å². The lowest BCUT2D eigenvalue weighted by Crippen LogP contribution is -2.62. The molecule has 2 aliphatic rings. The van der Waals surface area contributed by atoms with Crippen LogP contribution in [0.3, 0.4) is 0 Å². The quantitative estimate of drug-likeness (QED) is 0.615. The molecule has 1 heterocycles. The monoisotopic (exact) mass is 456 g/mol. The Kier molecular flexibility index (Phi) is 7.66. The van der Waals surface area contributed by atoms with E-state index >= 15 is 0 Å². The minimum atomic E-state index is -3.17. The van der Waals surface area contributed by atoms with Crippen molar-refractivity contribution in [2.75, 3.05) is 44.2 Å². The Morgan fingerprint density at radius 2 is 1.83 bits per heavy atom. The van der Waals surface area contributed by atoms with Gasteiger partial charge >= 0.3 is 0 Å². The summed E-state index contributed by atoms with van der Waals surface area (Å²) in [6.07, 6.45) is 6.03. The van der Waals surface area contributed by atoms with Gasteiger partial charge in [-0.05, 0) is 31.4 Å². The first-order valence-corrected chi connectivity index (χ1v) is 12.8. The first-order chi connectivity index (χ1) is 14.3. The van der Waals surface area contributed by atoms with E-state index in [9.17, 15) is 13.2 Å². The first-order valence-electron chi connectivity index (χ1n) is 10.8. The molecule has 1 aromatic carbocycles. The van der Waals surface area contributed by atoms with Crippen LogP contribution in [0.4, 0.5) is 5.69 Å². The van der Waals surface area contributed by atoms with Crippen LogP contribution in [0, 0.1) is 0 Å². The molecule has 30 heavy (non-hydrogen) atoms. The summed E-state index contributed by atoms with van der Waals surface area (Å²) in [5, 5.41) is 3.42. The first kappa shape index (κ1) is 23.3. The molecule has 1 aliphatic carbocycles. The summed E-state index contributed by atoms with van der Waals surface area (Å²) in [5.41, 5.74) is 6.51. The molecular formula is C21H33ClN4O3S. The second-order valence-corrected chi connectivity index (χ2v) is 10.9. The molecule has 1 aromatic rings. The van der Waals surface area contributed by atoms with Crippen molar-refractivity contribution in [3.8, 4) is 0 Å². The van der Waals surface area contributed by atoms with Crippen LogP contribution in [-0.2, 0) is 10.0 Å². The number of benzene rings is 1. The highest BCUT2D eigenvalue weighted by molar-refractivity contribution is 7.89. The number of halogens is 1. The minimum Gasteiger partial charge on any atom is -0.398 e. The summed E-state index contributed by atoms with van der Waals surface area (Å²) in [4.78, 5) is 15.2. The van der Waals surface area contributed by atoms with E-state index in [-0.39, 0.29) is 17.2 Å². The second-order valence-electron chi connectivity index (χ2n) is 8.37. The van der Waals surface area contributed by atoms with Gasteiger partial charge in [0.15, 0.2) is 0 Å². The van der Waals surface area contributed by atoms with Crippen LogP contribution in [0.5, 0.6) is 0 Å². The maximum Gasteiger partial charge on any atom is 0.254 e. The Bertz CT molecular complexity index is 828. The van der Waals surface area contributed by atoms with Gasteiger partial charge < -0.3 is 11.1 Å². The van der Waals surface area contributed by atoms with Crippen LogP contribution in [0.1, 0.15) is 55.8 Å². The lowest BCUT2D eigenvalue weighted by molar-refractivity contribution is 0.0240. The molecule has 0 atom stereocenters. The molecule has 3 N–H and O–H groups in total. The van der Waals surface area contributed by atoms with Gasteiger partial charge in [-0.15, -0.1) is 0 Å². The average Bonchev–Trinajstić information content (AvgIpc) is 2.73. The van der Waals surface area contributed by atoms with E-state index in [0.717, 1.165) is 25.7 Å². The molecule has 3 rings (SSSR count). The van der Waals surface area contributed by atoms with Crippen LogP contribution < -0.4 is 11.1 Å². The molecule has 1 saturated heterocycles. The van der Waals surface area contributed by atoms with E-state index in [1.165, 1.54) is 6.42 Å². The lowest BCUT2D eigenvalue weighted by Gasteiger charge is -2.49. The molecule has 0 radical (unpaired) electrons. The molecule has 0 spiro atoms. The molecule has 1 saturated carbocycles. The maximum atomic E-state index is 12.8. The SMILES string of the molecule is CCCS(=O)(=O)N1CCN(C2(CNC(=O)c3c(N)cccc3Cl)CCCCC2)CC1. The van der Waals surface area contributed by atoms with Gasteiger partial charge in [0.2, 0.25) is 10.0 Å². The summed E-state index contributed by atoms with van der Waals surface area (Å²) in [7, 11) is -3.17. The number of hydrogen-bond donors (Lipinski definition) is 2. The number of nitrogen functional groups attached to an aromatic ring is 1. The van der Waals surface area contributed by atoms with Gasteiger partial charge in [0.1, 0.15) is 0 Å². The van der Waals surface area contributed by atoms with E-state index in [1.807, 2.05) is 6.92 Å². The third-order valence-corrected chi connectivity index (χ3v) is 8.79. The van der Waals surface area contributed by atoms with Crippen LogP contribution in [0.2, 0.25) is 5.02 Å². The molecule has 7 nitrogen and oxygen atoms in total. The fourth-order valence-electron chi connectivity index (χ4n) is 4.76. The number of nitrogens with one attached hydrogen (secondary N) is 1. The molecule has 0 aromatic heterocycles. The van der Waals surface area contributed by atoms with Crippen LogP contribution >= 0.6 is 11.6 Å². The standard InChI is InChI=1S/C21H33ClN4O3S/c1-2-15-30(28,29)26-13-11-25(12-14-26)21(9-4-3-5-10-21)16-24-20(27)19-17(22)7-6-8-18(19)23/h6-8H,2-5,9-16,23H2,1H3,(H,24,27). The van der Waals surface area contributed by atoms with E-state index in [1.54, 1.807) is 22.5 Å². The second kappa shape index (κ2) is 9.85. The van der Waals surface area contributed by atoms with Gasteiger partial charge in [-0.1, -0.05) is 43.9 Å². The van der Waals surface area contributed by atoms with Crippen molar-refractivity contribution in [3.63, 3.8) is 0 Å². The van der Waals surface area contributed by atoms with Gasteiger partial charge in [0.05, 0.1) is 16.3 Å². The van der Waals surface area contributed by atoms with Crippen LogP contribution in [-0.4, -0.2) is 67.5 Å². The van der Waals surface area contributed by atoms with Crippen molar-refractivity contribution in [2.24, 2.45) is 0 Å². The summed E-state index contributed by atoms with van der Waals surface area (Å²) in [5.74, 6) is -0.0554. The van der Waals surface area contributed by atoms with Gasteiger partial charge in [-0.2, -0.15) is 4.31 Å². The number of anilines is 1. The van der Waals surface area contributed by atoms with Gasteiger partial charge in [-0.3, -0.25) is 9.69 Å². The van der Waals surface area contributed by atoms with Gasteiger partial charge in [0.25, 0.3) is 5.91 Å². The molecule has 2 fully saturated rings. The molecule has 9 heteroatoms. The summed E-state index contributed by atoms with van der Waals surface area (Å²) in [6.45, 7) is 4.79. The van der Waals surface area contributed by atoms with Crippen LogP contribution in [0.15, 0.2) is 18.2 Å². The zero-order valence-corrected chi connectivity index (χ0v) is 19.3. The molecule has 1 aliphatic heterocycles. The summed E-state index contributed by atoms with van der Waals surface area (Å²) in [6, 6.07) is 5.06. The number of amides is 1. The Hall–Kier alpha value is -1.35. The Balaban J connectivity index is 1.69. The fourth-order valence-corrected chi connectivity index (χ4v) is 6.52. The molecule has 1 amide bonds. The summed E-state index contributed by atoms with van der Waals surface area (Å²) < 4.78 is 26.4. The topological polar surface area (TPSA) is 95.7 Å². The van der Waals surface area contributed by atoms with Crippen molar-refractivity contribution in [3.05, 3.63) is 28.8 Å². The highest BCUT2D eigenvalue weighted by atomic mass is 35.5. The number of hydrogen-bond acceptors (Lipinski definition) is 5. The third-order valence-electron chi connectivity index (χ3n) is 6.40. The number of nitrogens with two attached hydrogens (primary N) is 1. The zero-order valence-electron chi connectivity index (χ0n) is 17.7. The minimum absolute atomic E-state index is 0.148. The predicted molar refractivity (Wildman–Crippen MR) is 121 cm³/mol. The third kappa shape index (κ3) is 5.10.